The number of ether oxygens (including phenoxy) is 1. The summed E-state index contributed by atoms with van der Waals surface area (Å²) in [7, 11) is 4.38. The largest absolute Gasteiger partial charge is 0.489 e. The standard InChI is InChI=1S/C26H29NO.ClH/c1-19-25-14-13-24(17-23(25)12-15-26(19)27(2)3)28-18-20-8-7-11-22(16-20)21-9-5-4-6-10-21;/h4-11,13-14,16-17,19,26H,12,15,18H2,1-3H3;1H. The average Bonchev–Trinajstić information content (AvgIpc) is 2.73. The highest BCUT2D eigenvalue weighted by molar-refractivity contribution is 5.85. The van der Waals surface area contributed by atoms with E-state index in [2.05, 4.69) is 92.6 Å². The molecule has 0 amide bonds. The van der Waals surface area contributed by atoms with E-state index in [0.717, 1.165) is 12.2 Å². The highest BCUT2D eigenvalue weighted by Gasteiger charge is 2.27. The van der Waals surface area contributed by atoms with E-state index in [1.54, 1.807) is 0 Å². The number of aryl methyl sites for hydroxylation is 1. The molecule has 152 valence electrons. The van der Waals surface area contributed by atoms with Gasteiger partial charge in [-0.25, -0.2) is 0 Å². The zero-order valence-electron chi connectivity index (χ0n) is 17.5. The lowest BCUT2D eigenvalue weighted by Crippen LogP contribution is -2.36. The molecule has 0 N–H and O–H groups in total. The topological polar surface area (TPSA) is 12.5 Å². The van der Waals surface area contributed by atoms with Crippen molar-refractivity contribution in [2.45, 2.75) is 38.3 Å². The van der Waals surface area contributed by atoms with Crippen LogP contribution in [0.5, 0.6) is 5.75 Å². The molecule has 3 aromatic carbocycles. The zero-order chi connectivity index (χ0) is 19.5. The van der Waals surface area contributed by atoms with Crippen molar-refractivity contribution >= 4 is 12.4 Å². The van der Waals surface area contributed by atoms with Crippen LogP contribution in [0.1, 0.15) is 36.0 Å². The van der Waals surface area contributed by atoms with E-state index in [9.17, 15) is 0 Å². The van der Waals surface area contributed by atoms with E-state index in [0.29, 0.717) is 18.6 Å². The molecule has 0 aliphatic heterocycles. The summed E-state index contributed by atoms with van der Waals surface area (Å²) in [6, 6.07) is 26.4. The van der Waals surface area contributed by atoms with Gasteiger partial charge >= 0.3 is 0 Å². The van der Waals surface area contributed by atoms with Crippen LogP contribution in [0.3, 0.4) is 0 Å². The minimum Gasteiger partial charge on any atom is -0.489 e. The molecule has 4 rings (SSSR count). The van der Waals surface area contributed by atoms with Crippen LogP contribution in [0.2, 0.25) is 0 Å². The Labute approximate surface area is 180 Å². The summed E-state index contributed by atoms with van der Waals surface area (Å²) in [6.45, 7) is 2.94. The van der Waals surface area contributed by atoms with Gasteiger partial charge in [-0.2, -0.15) is 0 Å². The van der Waals surface area contributed by atoms with Crippen LogP contribution >= 0.6 is 12.4 Å². The summed E-state index contributed by atoms with van der Waals surface area (Å²) in [5.41, 5.74) is 6.59. The van der Waals surface area contributed by atoms with Crippen LogP contribution in [-0.2, 0) is 13.0 Å². The molecule has 2 atom stereocenters. The van der Waals surface area contributed by atoms with Crippen molar-refractivity contribution in [3.05, 3.63) is 89.5 Å². The van der Waals surface area contributed by atoms with Crippen molar-refractivity contribution in [3.63, 3.8) is 0 Å². The van der Waals surface area contributed by atoms with Crippen molar-refractivity contribution in [1.29, 1.82) is 0 Å². The smallest absolute Gasteiger partial charge is 0.120 e. The number of fused-ring (bicyclic) bond motifs is 1. The average molecular weight is 408 g/mol. The molecule has 0 aromatic heterocycles. The first-order valence-corrected chi connectivity index (χ1v) is 10.2. The SMILES string of the molecule is CC1c2ccc(OCc3cccc(-c4ccccc4)c3)cc2CCC1N(C)C.Cl. The van der Waals surface area contributed by atoms with E-state index < -0.39 is 0 Å². The summed E-state index contributed by atoms with van der Waals surface area (Å²) >= 11 is 0. The molecule has 0 radical (unpaired) electrons. The number of benzene rings is 3. The molecule has 0 heterocycles. The number of hydrogen-bond acceptors (Lipinski definition) is 2. The Morgan fingerprint density at radius 3 is 2.41 bits per heavy atom. The van der Waals surface area contributed by atoms with Gasteiger partial charge in [-0.15, -0.1) is 12.4 Å². The lowest BCUT2D eigenvalue weighted by atomic mass is 9.80. The van der Waals surface area contributed by atoms with Gasteiger partial charge in [0.25, 0.3) is 0 Å². The number of hydrogen-bond donors (Lipinski definition) is 0. The fraction of sp³-hybridized carbons (Fsp3) is 0.308. The third kappa shape index (κ3) is 4.83. The van der Waals surface area contributed by atoms with E-state index in [-0.39, 0.29) is 12.4 Å². The van der Waals surface area contributed by atoms with Gasteiger partial charge < -0.3 is 9.64 Å². The molecule has 0 saturated heterocycles. The Kier molecular flexibility index (Phi) is 7.00. The number of halogens is 1. The molecule has 0 fully saturated rings. The molecular weight excluding hydrogens is 378 g/mol. The van der Waals surface area contributed by atoms with Crippen LogP contribution in [0.4, 0.5) is 0 Å². The fourth-order valence-corrected chi connectivity index (χ4v) is 4.44. The van der Waals surface area contributed by atoms with Crippen LogP contribution in [0.15, 0.2) is 72.8 Å². The van der Waals surface area contributed by atoms with Gasteiger partial charge in [-0.05, 0) is 78.9 Å². The van der Waals surface area contributed by atoms with Gasteiger partial charge in [0, 0.05) is 6.04 Å². The molecule has 0 saturated carbocycles. The molecule has 3 heteroatoms. The van der Waals surface area contributed by atoms with E-state index in [4.69, 9.17) is 4.74 Å². The predicted molar refractivity (Wildman–Crippen MR) is 124 cm³/mol. The Bertz CT molecular complexity index is 938. The second-order valence-electron chi connectivity index (χ2n) is 8.07. The van der Waals surface area contributed by atoms with Crippen molar-refractivity contribution in [3.8, 4) is 16.9 Å². The van der Waals surface area contributed by atoms with Gasteiger partial charge in [0.05, 0.1) is 0 Å². The van der Waals surface area contributed by atoms with E-state index >= 15 is 0 Å². The Morgan fingerprint density at radius 1 is 0.897 bits per heavy atom. The van der Waals surface area contributed by atoms with Crippen molar-refractivity contribution < 1.29 is 4.74 Å². The third-order valence-corrected chi connectivity index (χ3v) is 5.99. The first-order chi connectivity index (χ1) is 13.6. The molecule has 2 unspecified atom stereocenters. The molecule has 3 aromatic rings. The molecule has 0 bridgehead atoms. The zero-order valence-corrected chi connectivity index (χ0v) is 18.3. The van der Waals surface area contributed by atoms with Crippen LogP contribution in [0, 0.1) is 0 Å². The Balaban J connectivity index is 0.00000240. The Morgan fingerprint density at radius 2 is 1.66 bits per heavy atom. The minimum atomic E-state index is 0. The summed E-state index contributed by atoms with van der Waals surface area (Å²) in [5, 5.41) is 0. The van der Waals surface area contributed by atoms with Gasteiger partial charge in [0.15, 0.2) is 0 Å². The highest BCUT2D eigenvalue weighted by atomic mass is 35.5. The lowest BCUT2D eigenvalue weighted by molar-refractivity contribution is 0.236. The fourth-order valence-electron chi connectivity index (χ4n) is 4.44. The van der Waals surface area contributed by atoms with Gasteiger partial charge in [0.2, 0.25) is 0 Å². The molecule has 0 spiro atoms. The number of nitrogens with zero attached hydrogens (tertiary/aromatic N) is 1. The molecule has 1 aliphatic carbocycles. The van der Waals surface area contributed by atoms with E-state index in [1.807, 2.05) is 6.07 Å². The third-order valence-electron chi connectivity index (χ3n) is 5.99. The van der Waals surface area contributed by atoms with Gasteiger partial charge in [-0.1, -0.05) is 61.5 Å². The van der Waals surface area contributed by atoms with Crippen molar-refractivity contribution in [2.75, 3.05) is 14.1 Å². The maximum atomic E-state index is 6.15. The van der Waals surface area contributed by atoms with Crippen LogP contribution in [-0.4, -0.2) is 25.0 Å². The molecule has 2 nitrogen and oxygen atoms in total. The lowest BCUT2D eigenvalue weighted by Gasteiger charge is -2.35. The first kappa shape index (κ1) is 21.4. The van der Waals surface area contributed by atoms with Crippen LogP contribution < -0.4 is 4.74 Å². The quantitative estimate of drug-likeness (QED) is 0.489. The summed E-state index contributed by atoms with van der Waals surface area (Å²) in [5.74, 6) is 1.54. The predicted octanol–water partition coefficient (Wildman–Crippen LogP) is 6.33. The second-order valence-corrected chi connectivity index (χ2v) is 8.07. The minimum absolute atomic E-state index is 0. The van der Waals surface area contributed by atoms with Gasteiger partial charge in [-0.3, -0.25) is 0 Å². The first-order valence-electron chi connectivity index (χ1n) is 10.2. The Hall–Kier alpha value is -2.29. The number of rotatable bonds is 5. The molecular formula is C26H30ClNO. The summed E-state index contributed by atoms with van der Waals surface area (Å²) < 4.78 is 6.15. The maximum absolute atomic E-state index is 6.15. The highest BCUT2D eigenvalue weighted by Crippen LogP contribution is 2.35. The molecule has 29 heavy (non-hydrogen) atoms. The monoisotopic (exact) mass is 407 g/mol. The maximum Gasteiger partial charge on any atom is 0.120 e. The summed E-state index contributed by atoms with van der Waals surface area (Å²) in [4.78, 5) is 2.36. The normalized spacial score (nSPS) is 18.1. The van der Waals surface area contributed by atoms with Crippen molar-refractivity contribution in [1.82, 2.24) is 4.90 Å². The second kappa shape index (κ2) is 9.47. The van der Waals surface area contributed by atoms with Gasteiger partial charge in [0.1, 0.15) is 12.4 Å². The number of likely N-dealkylation sites (N-methyl/N-ethyl adjacent to an activating group) is 1. The van der Waals surface area contributed by atoms with E-state index in [1.165, 1.54) is 34.2 Å². The summed E-state index contributed by atoms with van der Waals surface area (Å²) in [6.07, 6.45) is 2.34. The van der Waals surface area contributed by atoms with Crippen molar-refractivity contribution in [2.24, 2.45) is 0 Å². The molecule has 1 aliphatic rings. The van der Waals surface area contributed by atoms with Crippen LogP contribution in [0.25, 0.3) is 11.1 Å².